The van der Waals surface area contributed by atoms with Crippen LogP contribution in [0.5, 0.6) is 11.5 Å². The summed E-state index contributed by atoms with van der Waals surface area (Å²) in [7, 11) is 1.60. The number of thioether (sulfide) groups is 1. The number of aromatic nitrogens is 3. The van der Waals surface area contributed by atoms with Crippen molar-refractivity contribution in [1.82, 2.24) is 20.3 Å². The topological polar surface area (TPSA) is 123 Å². The van der Waals surface area contributed by atoms with Gasteiger partial charge in [-0.15, -0.1) is 5.10 Å². The molecule has 5 unspecified atom stereocenters. The van der Waals surface area contributed by atoms with Crippen LogP contribution in [0.2, 0.25) is 0 Å². The number of aliphatic hydroxyl groups is 2. The molecule has 1 aromatic heterocycles. The molecule has 0 saturated carbocycles. The molecule has 0 aliphatic carbocycles. The minimum atomic E-state index is -1.05. The smallest absolute Gasteiger partial charge is 0.159 e. The van der Waals surface area contributed by atoms with E-state index in [4.69, 9.17) is 14.2 Å². The Kier molecular flexibility index (Phi) is 6.42. The predicted molar refractivity (Wildman–Crippen MR) is 111 cm³/mol. The van der Waals surface area contributed by atoms with E-state index in [9.17, 15) is 10.2 Å². The van der Waals surface area contributed by atoms with Gasteiger partial charge in [0.25, 0.3) is 0 Å². The van der Waals surface area contributed by atoms with Crippen molar-refractivity contribution in [2.45, 2.75) is 49.9 Å². The van der Waals surface area contributed by atoms with Gasteiger partial charge in [0.1, 0.15) is 47.5 Å². The maximum absolute atomic E-state index is 10.5. The third-order valence-corrected chi connectivity index (χ3v) is 6.01. The molecule has 2 aliphatic heterocycles. The van der Waals surface area contributed by atoms with E-state index in [2.05, 4.69) is 20.6 Å². The van der Waals surface area contributed by atoms with Gasteiger partial charge in [0.05, 0.1) is 25.9 Å². The normalized spacial score (nSPS) is 29.5. The Bertz CT molecular complexity index is 894. The third kappa shape index (κ3) is 4.53. The molecule has 2 saturated heterocycles. The number of hydrogen-bond donors (Lipinski definition) is 3. The van der Waals surface area contributed by atoms with Crippen molar-refractivity contribution in [3.63, 3.8) is 0 Å². The second-order valence-corrected chi connectivity index (χ2v) is 8.08. The van der Waals surface area contributed by atoms with Crippen LogP contribution in [0.25, 0.3) is 0 Å². The number of aliphatic hydroxyl groups excluding tert-OH is 2. The fourth-order valence-electron chi connectivity index (χ4n) is 3.38. The van der Waals surface area contributed by atoms with E-state index in [1.165, 1.54) is 11.8 Å². The molecule has 0 spiro atoms. The van der Waals surface area contributed by atoms with Crippen molar-refractivity contribution in [2.75, 3.05) is 13.7 Å². The predicted octanol–water partition coefficient (Wildman–Crippen LogP) is 0.393. The maximum atomic E-state index is 10.5. The highest BCUT2D eigenvalue weighted by Crippen LogP contribution is 2.34. The maximum Gasteiger partial charge on any atom is 0.159 e. The average molecular weight is 436 g/mol. The second-order valence-electron chi connectivity index (χ2n) is 6.99. The molecule has 3 N–H and O–H groups in total. The van der Waals surface area contributed by atoms with Gasteiger partial charge in [0, 0.05) is 12.6 Å². The molecule has 162 valence electrons. The van der Waals surface area contributed by atoms with E-state index in [1.54, 1.807) is 24.1 Å². The van der Waals surface area contributed by atoms with E-state index >= 15 is 0 Å². The lowest BCUT2D eigenvalue weighted by Gasteiger charge is -2.38. The molecule has 0 amide bonds. The largest absolute Gasteiger partial charge is 0.497 e. The summed E-state index contributed by atoms with van der Waals surface area (Å²) in [6.07, 6.45) is -0.907. The van der Waals surface area contributed by atoms with Gasteiger partial charge in [-0.25, -0.2) is 4.68 Å². The molecule has 0 bridgehead atoms. The number of ether oxygens (including phenoxy) is 3. The molecule has 4 rings (SSSR count). The number of nitrogens with one attached hydrogen (secondary N) is 1. The van der Waals surface area contributed by atoms with Crippen molar-refractivity contribution in [3.05, 3.63) is 36.2 Å². The summed E-state index contributed by atoms with van der Waals surface area (Å²) in [4.78, 5) is 4.32. The van der Waals surface area contributed by atoms with Crippen LogP contribution in [0.1, 0.15) is 12.6 Å². The summed E-state index contributed by atoms with van der Waals surface area (Å²) in [5.41, 5.74) is 0.314. The van der Waals surface area contributed by atoms with E-state index in [-0.39, 0.29) is 18.6 Å². The van der Waals surface area contributed by atoms with Crippen LogP contribution in [0.4, 0.5) is 0 Å². The first-order chi connectivity index (χ1) is 14.6. The lowest BCUT2D eigenvalue weighted by atomic mass is 9.98. The molecule has 10 nitrogen and oxygen atoms in total. The first kappa shape index (κ1) is 20.9. The SMILES string of the molecule is CCN=C1NC2C(OC(Cn3cc(COc4cccc(OC)c4)nn3)C(O)C2O)S1. The van der Waals surface area contributed by atoms with Crippen molar-refractivity contribution in [2.24, 2.45) is 4.99 Å². The standard InChI is InChI=1S/C19H25N5O5S/c1-3-20-19-21-15-17(26)16(25)14(29-18(15)30-19)9-24-8-11(22-23-24)10-28-13-6-4-5-12(7-13)27-2/h4-8,14-18,25-26H,3,9-10H2,1-2H3,(H,20,21). The zero-order valence-corrected chi connectivity index (χ0v) is 17.5. The van der Waals surface area contributed by atoms with Crippen molar-refractivity contribution in [1.29, 1.82) is 0 Å². The van der Waals surface area contributed by atoms with Gasteiger partial charge >= 0.3 is 0 Å². The molecule has 30 heavy (non-hydrogen) atoms. The summed E-state index contributed by atoms with van der Waals surface area (Å²) in [6, 6.07) is 6.91. The Morgan fingerprint density at radius 3 is 2.93 bits per heavy atom. The van der Waals surface area contributed by atoms with E-state index < -0.39 is 24.4 Å². The number of nitrogens with zero attached hydrogens (tertiary/aromatic N) is 4. The first-order valence-corrected chi connectivity index (χ1v) is 10.6. The quantitative estimate of drug-likeness (QED) is 0.567. The number of hydrogen-bond acceptors (Lipinski definition) is 9. The fourth-order valence-corrected chi connectivity index (χ4v) is 4.58. The van der Waals surface area contributed by atoms with Crippen LogP contribution in [0.3, 0.4) is 0 Å². The summed E-state index contributed by atoms with van der Waals surface area (Å²) in [6.45, 7) is 3.07. The summed E-state index contributed by atoms with van der Waals surface area (Å²) >= 11 is 1.42. The lowest BCUT2D eigenvalue weighted by Crippen LogP contribution is -2.59. The van der Waals surface area contributed by atoms with Crippen molar-refractivity contribution >= 4 is 16.9 Å². The molecule has 0 radical (unpaired) electrons. The van der Waals surface area contributed by atoms with Gasteiger partial charge in [-0.05, 0) is 19.1 Å². The molecule has 3 heterocycles. The molecule has 11 heteroatoms. The van der Waals surface area contributed by atoms with Crippen LogP contribution in [-0.2, 0) is 17.9 Å². The second kappa shape index (κ2) is 9.21. The monoisotopic (exact) mass is 435 g/mol. The summed E-state index contributed by atoms with van der Waals surface area (Å²) < 4.78 is 18.5. The molecular weight excluding hydrogens is 410 g/mol. The number of amidine groups is 1. The Hall–Kier alpha value is -2.34. The summed E-state index contributed by atoms with van der Waals surface area (Å²) in [5, 5.41) is 33.0. The molecule has 1 aromatic carbocycles. The molecule has 2 aliphatic rings. The van der Waals surface area contributed by atoms with E-state index in [0.717, 1.165) is 5.17 Å². The zero-order valence-electron chi connectivity index (χ0n) is 16.7. The van der Waals surface area contributed by atoms with Gasteiger partial charge in [0.2, 0.25) is 0 Å². The molecule has 5 atom stereocenters. The van der Waals surface area contributed by atoms with Gasteiger partial charge < -0.3 is 29.7 Å². The Balaban J connectivity index is 1.35. The highest BCUT2D eigenvalue weighted by Gasteiger charge is 2.49. The third-order valence-electron chi connectivity index (χ3n) is 4.90. The van der Waals surface area contributed by atoms with Crippen LogP contribution >= 0.6 is 11.8 Å². The number of fused-ring (bicyclic) bond motifs is 1. The first-order valence-electron chi connectivity index (χ1n) is 9.72. The number of benzene rings is 1. The van der Waals surface area contributed by atoms with Gasteiger partial charge in [-0.2, -0.15) is 0 Å². The van der Waals surface area contributed by atoms with Crippen LogP contribution < -0.4 is 14.8 Å². The van der Waals surface area contributed by atoms with Gasteiger partial charge in [-0.1, -0.05) is 23.0 Å². The number of methoxy groups -OCH3 is 1. The molecule has 2 fully saturated rings. The Labute approximate surface area is 178 Å². The van der Waals surface area contributed by atoms with Crippen LogP contribution in [0.15, 0.2) is 35.5 Å². The molecule has 2 aromatic rings. The number of aliphatic imine (C=N–C) groups is 1. The number of rotatable bonds is 7. The van der Waals surface area contributed by atoms with Crippen LogP contribution in [0, 0.1) is 0 Å². The lowest BCUT2D eigenvalue weighted by molar-refractivity contribution is -0.160. The zero-order chi connectivity index (χ0) is 21.1. The van der Waals surface area contributed by atoms with E-state index in [0.29, 0.717) is 23.7 Å². The average Bonchev–Trinajstić information content (AvgIpc) is 3.37. The Morgan fingerprint density at radius 2 is 2.13 bits per heavy atom. The van der Waals surface area contributed by atoms with Crippen LogP contribution in [-0.4, -0.2) is 73.8 Å². The highest BCUT2D eigenvalue weighted by atomic mass is 32.2. The summed E-state index contributed by atoms with van der Waals surface area (Å²) in [5.74, 6) is 1.38. The minimum absolute atomic E-state index is 0.241. The van der Waals surface area contributed by atoms with Gasteiger partial charge in [-0.3, -0.25) is 4.99 Å². The Morgan fingerprint density at radius 1 is 1.30 bits per heavy atom. The highest BCUT2D eigenvalue weighted by molar-refractivity contribution is 8.14. The van der Waals surface area contributed by atoms with E-state index in [1.807, 2.05) is 25.1 Å². The van der Waals surface area contributed by atoms with Crippen molar-refractivity contribution in [3.8, 4) is 11.5 Å². The minimum Gasteiger partial charge on any atom is -0.497 e. The van der Waals surface area contributed by atoms with Crippen molar-refractivity contribution < 1.29 is 24.4 Å². The fraction of sp³-hybridized carbons (Fsp3) is 0.526. The van der Waals surface area contributed by atoms with Gasteiger partial charge in [0.15, 0.2) is 5.17 Å². The molecular formula is C19H25N5O5S.